The molecule has 4 aromatic rings. The Hall–Kier alpha value is -7.86. The van der Waals surface area contributed by atoms with E-state index in [1.54, 1.807) is 9.80 Å². The normalized spacial score (nSPS) is 18.6. The van der Waals surface area contributed by atoms with Crippen LogP contribution >= 0.6 is 0 Å². The van der Waals surface area contributed by atoms with Gasteiger partial charge in [-0.05, 0) is 105 Å². The molecule has 2 heterocycles. The Balaban J connectivity index is 0.000000806. The van der Waals surface area contributed by atoms with Gasteiger partial charge in [-0.1, -0.05) is 160 Å². The van der Waals surface area contributed by atoms with Crippen LogP contribution in [-0.2, 0) is 38.4 Å². The third kappa shape index (κ3) is 20.6. The van der Waals surface area contributed by atoms with Crippen LogP contribution in [0.25, 0.3) is 0 Å². The molecule has 0 bridgehead atoms. The maximum absolute atomic E-state index is 14.6. The van der Waals surface area contributed by atoms with Crippen molar-refractivity contribution in [2.24, 2.45) is 23.3 Å². The standard InChI is InChI=1S/C61H80N8O6.2C2HF3O2/c62-52(46-32-16-5-17-33-46)60(74)68-40-22-36-48(68)56(70)66-54(50(42-24-8-1-9-25-42)43-26-10-2-11-27-43)58(72)64-38-20-7-21-39-65-59(73)55(51(44-28-12-3-13-29-44)45-30-14-4-15-31-45)67-57(71)49-37-23-41-69(49)61(75)53(63)47-34-18-6-19-35-47;2*3-2(4,5)1(6)7/h1-4,8-15,24-31,46-55H,5-7,16-23,32-41,62-63H2,(H,64,72)(H,65,73)(H,66,70)(H,67,71);2*(H,6,7). The van der Waals surface area contributed by atoms with Gasteiger partial charge in [0.25, 0.3) is 0 Å². The van der Waals surface area contributed by atoms with E-state index in [2.05, 4.69) is 21.3 Å². The summed E-state index contributed by atoms with van der Waals surface area (Å²) in [6.07, 6.45) is 4.17. The SMILES string of the molecule is NC(C(=O)N1CCCC1C(=O)NC(C(=O)NCCCCCNC(=O)C(NC(=O)C1CCCN1C(=O)C(N)C1CCCCC1)C(c1ccccc1)c1ccccc1)C(c1ccccc1)c1ccccc1)C1CCCCC1.O=C(O)C(F)(F)F.O=C(O)C(F)(F)F. The van der Waals surface area contributed by atoms with Crippen LogP contribution < -0.4 is 32.7 Å². The summed E-state index contributed by atoms with van der Waals surface area (Å²) in [5.41, 5.74) is 16.7. The lowest BCUT2D eigenvalue weighted by Crippen LogP contribution is -2.57. The first kappa shape index (κ1) is 70.2. The number of unbranched alkanes of at least 4 members (excludes halogenated alkanes) is 2. The van der Waals surface area contributed by atoms with Gasteiger partial charge in [0.1, 0.15) is 24.2 Å². The van der Waals surface area contributed by atoms with Gasteiger partial charge in [-0.15, -0.1) is 0 Å². The predicted molar refractivity (Wildman–Crippen MR) is 319 cm³/mol. The third-order valence-electron chi connectivity index (χ3n) is 17.0. The van der Waals surface area contributed by atoms with Crippen molar-refractivity contribution in [3.63, 3.8) is 0 Å². The van der Waals surface area contributed by atoms with Gasteiger partial charge in [-0.2, -0.15) is 26.3 Å². The summed E-state index contributed by atoms with van der Waals surface area (Å²) in [6, 6.07) is 34.0. The Morgan fingerprint density at radius 2 is 0.719 bits per heavy atom. The van der Waals surface area contributed by atoms with Crippen molar-refractivity contribution < 1.29 is 74.9 Å². The first-order chi connectivity index (χ1) is 42.5. The van der Waals surface area contributed by atoms with Crippen molar-refractivity contribution in [1.29, 1.82) is 0 Å². The number of carboxylic acid groups (broad SMARTS) is 2. The Bertz CT molecular complexity index is 2650. The van der Waals surface area contributed by atoms with Crippen molar-refractivity contribution in [3.8, 4) is 0 Å². The minimum atomic E-state index is -5.08. The number of aliphatic carboxylic acids is 2. The fourth-order valence-electron chi connectivity index (χ4n) is 12.3. The number of hydrogen-bond donors (Lipinski definition) is 8. The molecular weight excluding hydrogens is 1170 g/mol. The Morgan fingerprint density at radius 1 is 0.438 bits per heavy atom. The summed E-state index contributed by atoms with van der Waals surface area (Å²) in [4.78, 5) is 107. The predicted octanol–water partition coefficient (Wildman–Crippen LogP) is 8.09. The lowest BCUT2D eigenvalue weighted by Gasteiger charge is -2.34. The van der Waals surface area contributed by atoms with Crippen LogP contribution in [0.3, 0.4) is 0 Å². The zero-order chi connectivity index (χ0) is 64.7. The molecule has 484 valence electrons. The van der Waals surface area contributed by atoms with Crippen molar-refractivity contribution in [3.05, 3.63) is 144 Å². The van der Waals surface area contributed by atoms with E-state index < -0.39 is 72.4 Å². The van der Waals surface area contributed by atoms with Crippen LogP contribution in [0.4, 0.5) is 26.3 Å². The van der Waals surface area contributed by atoms with Crippen LogP contribution in [-0.4, -0.2) is 142 Å². The number of carbonyl (C=O) groups excluding carboxylic acids is 6. The van der Waals surface area contributed by atoms with Crippen LogP contribution in [0, 0.1) is 11.8 Å². The topological polar surface area (TPSA) is 284 Å². The summed E-state index contributed by atoms with van der Waals surface area (Å²) in [5.74, 6) is -8.15. The van der Waals surface area contributed by atoms with E-state index in [1.807, 2.05) is 121 Å². The Kier molecular flexibility index (Phi) is 27.0. The highest BCUT2D eigenvalue weighted by Crippen LogP contribution is 2.34. The van der Waals surface area contributed by atoms with Gasteiger partial charge in [-0.25, -0.2) is 9.59 Å². The number of amides is 6. The van der Waals surface area contributed by atoms with Crippen molar-refractivity contribution in [2.45, 2.75) is 170 Å². The summed E-state index contributed by atoms with van der Waals surface area (Å²) in [6.45, 7) is 1.54. The van der Waals surface area contributed by atoms with Crippen LogP contribution in [0.5, 0.6) is 0 Å². The lowest BCUT2D eigenvalue weighted by atomic mass is 9.83. The van der Waals surface area contributed by atoms with Gasteiger partial charge < -0.3 is 52.7 Å². The molecule has 4 aromatic carbocycles. The number of nitrogens with zero attached hydrogens (tertiary/aromatic N) is 2. The molecule has 2 saturated heterocycles. The molecule has 6 atom stereocenters. The Morgan fingerprint density at radius 3 is 0.989 bits per heavy atom. The number of nitrogens with one attached hydrogen (secondary N) is 4. The zero-order valence-corrected chi connectivity index (χ0v) is 49.6. The molecule has 4 fully saturated rings. The fourth-order valence-corrected chi connectivity index (χ4v) is 12.3. The van der Waals surface area contributed by atoms with Crippen molar-refractivity contribution in [2.75, 3.05) is 26.2 Å². The number of likely N-dealkylation sites (tertiary alicyclic amines) is 2. The smallest absolute Gasteiger partial charge is 0.475 e. The molecule has 89 heavy (non-hydrogen) atoms. The molecule has 4 aliphatic rings. The largest absolute Gasteiger partial charge is 0.490 e. The highest BCUT2D eigenvalue weighted by molar-refractivity contribution is 5.95. The van der Waals surface area contributed by atoms with E-state index >= 15 is 0 Å². The van der Waals surface area contributed by atoms with E-state index in [4.69, 9.17) is 31.3 Å². The maximum Gasteiger partial charge on any atom is 0.490 e. The number of alkyl halides is 6. The molecule has 24 heteroatoms. The summed E-state index contributed by atoms with van der Waals surface area (Å²) in [5, 5.41) is 26.8. The second kappa shape index (κ2) is 34.2. The minimum absolute atomic E-state index is 0.102. The van der Waals surface area contributed by atoms with E-state index in [1.165, 1.54) is 0 Å². The highest BCUT2D eigenvalue weighted by atomic mass is 19.4. The summed E-state index contributed by atoms with van der Waals surface area (Å²) < 4.78 is 63.5. The van der Waals surface area contributed by atoms with Gasteiger partial charge in [0, 0.05) is 38.0 Å². The van der Waals surface area contributed by atoms with Gasteiger partial charge in [-0.3, -0.25) is 28.8 Å². The average Bonchev–Trinajstić information content (AvgIpc) is 2.16. The second-order valence-corrected chi connectivity index (χ2v) is 23.0. The first-order valence-corrected chi connectivity index (χ1v) is 30.6. The van der Waals surface area contributed by atoms with Gasteiger partial charge in [0.15, 0.2) is 0 Å². The number of nitrogens with two attached hydrogens (primary N) is 2. The number of carboxylic acids is 2. The molecule has 2 aliphatic carbocycles. The monoisotopic (exact) mass is 1250 g/mol. The molecule has 0 aromatic heterocycles. The van der Waals surface area contributed by atoms with Crippen molar-refractivity contribution in [1.82, 2.24) is 31.1 Å². The summed E-state index contributed by atoms with van der Waals surface area (Å²) >= 11 is 0. The molecule has 6 unspecified atom stereocenters. The van der Waals surface area contributed by atoms with E-state index in [0.29, 0.717) is 71.1 Å². The van der Waals surface area contributed by atoms with Crippen LogP contribution in [0.1, 0.15) is 143 Å². The lowest BCUT2D eigenvalue weighted by molar-refractivity contribution is -0.193. The third-order valence-corrected chi connectivity index (χ3v) is 17.0. The molecule has 8 rings (SSSR count). The summed E-state index contributed by atoms with van der Waals surface area (Å²) in [7, 11) is 0. The maximum atomic E-state index is 14.6. The molecular formula is C65H82F6N8O10. The second-order valence-electron chi connectivity index (χ2n) is 23.0. The van der Waals surface area contributed by atoms with Gasteiger partial charge in [0.2, 0.25) is 35.4 Å². The number of carbonyl (C=O) groups is 8. The molecule has 18 nitrogen and oxygen atoms in total. The van der Waals surface area contributed by atoms with Crippen LogP contribution in [0.2, 0.25) is 0 Å². The zero-order valence-electron chi connectivity index (χ0n) is 49.6. The van der Waals surface area contributed by atoms with Gasteiger partial charge >= 0.3 is 24.3 Å². The quantitative estimate of drug-likeness (QED) is 0.0274. The van der Waals surface area contributed by atoms with Crippen molar-refractivity contribution >= 4 is 47.4 Å². The molecule has 0 radical (unpaired) electrons. The van der Waals surface area contributed by atoms with E-state index in [-0.39, 0.29) is 47.3 Å². The first-order valence-electron chi connectivity index (χ1n) is 30.6. The van der Waals surface area contributed by atoms with Crippen LogP contribution in [0.15, 0.2) is 121 Å². The molecule has 0 spiro atoms. The number of hydrogen-bond acceptors (Lipinski definition) is 10. The number of halogens is 6. The average molecular weight is 1250 g/mol. The molecule has 2 saturated carbocycles. The van der Waals surface area contributed by atoms with E-state index in [9.17, 15) is 55.1 Å². The number of benzene rings is 4. The van der Waals surface area contributed by atoms with E-state index in [0.717, 1.165) is 86.5 Å². The molecule has 10 N–H and O–H groups in total. The fraction of sp³-hybridized carbons (Fsp3) is 0.508. The minimum Gasteiger partial charge on any atom is -0.475 e. The molecule has 2 aliphatic heterocycles. The van der Waals surface area contributed by atoms with Gasteiger partial charge in [0.05, 0.1) is 12.1 Å². The number of rotatable bonds is 22. The highest BCUT2D eigenvalue weighted by Gasteiger charge is 2.44. The Labute approximate surface area is 514 Å². The molecule has 6 amide bonds.